The van der Waals surface area contributed by atoms with Gasteiger partial charge in [0.1, 0.15) is 24.2 Å². The maximum Gasteiger partial charge on any atom is 0.329 e. The Bertz CT molecular complexity index is 1700. The van der Waals surface area contributed by atoms with Crippen molar-refractivity contribution in [2.24, 2.45) is 17.8 Å². The first-order chi connectivity index (χ1) is 25.4. The lowest BCUT2D eigenvalue weighted by Gasteiger charge is -2.32. The van der Waals surface area contributed by atoms with Gasteiger partial charge in [-0.05, 0) is 67.4 Å². The van der Waals surface area contributed by atoms with Gasteiger partial charge in [-0.1, -0.05) is 112 Å². The molecule has 54 heavy (non-hydrogen) atoms. The van der Waals surface area contributed by atoms with Crippen molar-refractivity contribution in [2.75, 3.05) is 14.2 Å². The van der Waals surface area contributed by atoms with E-state index in [2.05, 4.69) is 10.6 Å². The van der Waals surface area contributed by atoms with Crippen LogP contribution in [-0.4, -0.2) is 72.1 Å². The molecule has 0 radical (unpaired) electrons. The first-order valence-corrected chi connectivity index (χ1v) is 19.0. The number of phenolic OH excluding ortho intramolecular Hbond substituents is 1. The predicted molar refractivity (Wildman–Crippen MR) is 213 cm³/mol. The van der Waals surface area contributed by atoms with Crippen LogP contribution in [0, 0.1) is 17.8 Å². The molecule has 3 amide bonds. The number of aromatic hydroxyl groups is 1. The second kappa shape index (κ2) is 20.5. The minimum Gasteiger partial charge on any atom is -0.505 e. The second-order valence-electron chi connectivity index (χ2n) is 14.7. The van der Waals surface area contributed by atoms with Crippen molar-refractivity contribution in [2.45, 2.75) is 98.1 Å². The van der Waals surface area contributed by atoms with E-state index in [1.807, 2.05) is 90.1 Å². The summed E-state index contributed by atoms with van der Waals surface area (Å²) in [6, 6.07) is 9.04. The van der Waals surface area contributed by atoms with Gasteiger partial charge in [-0.3, -0.25) is 14.4 Å². The van der Waals surface area contributed by atoms with Crippen LogP contribution in [0.2, 0.25) is 10.0 Å². The van der Waals surface area contributed by atoms with Crippen LogP contribution in [0.3, 0.4) is 0 Å². The number of nitrogens with zero attached hydrogens (tertiary/aromatic N) is 1. The monoisotopic (exact) mass is 783 g/mol. The van der Waals surface area contributed by atoms with Gasteiger partial charge in [0.05, 0.1) is 16.1 Å². The van der Waals surface area contributed by atoms with Crippen molar-refractivity contribution in [3.63, 3.8) is 0 Å². The largest absolute Gasteiger partial charge is 0.505 e. The molecule has 0 bridgehead atoms. The number of benzene rings is 2. The van der Waals surface area contributed by atoms with Gasteiger partial charge in [0.15, 0.2) is 5.75 Å². The molecule has 0 saturated heterocycles. The van der Waals surface area contributed by atoms with E-state index in [-0.39, 0.29) is 58.4 Å². The Morgan fingerprint density at radius 3 is 2.15 bits per heavy atom. The van der Waals surface area contributed by atoms with Crippen molar-refractivity contribution >= 4 is 46.9 Å². The van der Waals surface area contributed by atoms with E-state index >= 15 is 0 Å². The molecule has 3 rings (SSSR count). The van der Waals surface area contributed by atoms with Crippen LogP contribution in [0.15, 0.2) is 77.9 Å². The standard InChI is InChI=1S/C42H55Cl2N3O7/c1-24(2)20-34-42(52)54-38(30-16-11-10-12-17-30)27(6)15-13-14-26(5)35(53-9)19-18-28(7)41(51)47(8)36(25(3)4)40(50)45-33(39(49)46-34)23-29-21-31(43)37(48)32(44)22-29/h10-18,21-22,24-25,27,33-36,38,48H,19-20,23H2,1-9H3,(H,45,50)(H,46,49)/b15-13+,26-14+,28-18+/t27-,33-,34+,35-,36+,38+/m1/s1. The molecule has 6 atom stereocenters. The highest BCUT2D eigenvalue weighted by Gasteiger charge is 2.36. The fourth-order valence-corrected chi connectivity index (χ4v) is 7.02. The zero-order valence-electron chi connectivity index (χ0n) is 32.7. The fourth-order valence-electron chi connectivity index (χ4n) is 6.48. The number of carbonyl (C=O) groups excluding carboxylic acids is 4. The number of cyclic esters (lactones) is 1. The molecule has 2 aromatic carbocycles. The van der Waals surface area contributed by atoms with E-state index in [0.717, 1.165) is 11.1 Å². The maximum atomic E-state index is 14.3. The molecule has 1 heterocycles. The SMILES string of the molecule is CO[C@@H]1C/C=C(\C)C(=O)N(C)[C@@H](C(C)C)C(=O)N[C@H](Cc2cc(Cl)c(O)c(Cl)c2)C(=O)N[C@@H](CC(C)C)C(=O)O[C@H](c2ccccc2)[C@H](C)/C=C/C=C/1C. The van der Waals surface area contributed by atoms with Gasteiger partial charge in [-0.25, -0.2) is 4.79 Å². The number of nitrogens with one attached hydrogen (secondary N) is 2. The Kier molecular flexibility index (Phi) is 16.8. The molecule has 1 aliphatic rings. The van der Waals surface area contributed by atoms with Gasteiger partial charge in [-0.15, -0.1) is 0 Å². The maximum absolute atomic E-state index is 14.3. The highest BCUT2D eigenvalue weighted by molar-refractivity contribution is 6.37. The number of hydrogen-bond donors (Lipinski definition) is 3. The van der Waals surface area contributed by atoms with Crippen LogP contribution in [0.5, 0.6) is 5.75 Å². The minimum absolute atomic E-state index is 0.0179. The topological polar surface area (TPSA) is 134 Å². The average molecular weight is 785 g/mol. The number of likely N-dealkylation sites (N-methyl/N-ethyl adjacent to an activating group) is 1. The Hall–Kier alpha value is -4.12. The van der Waals surface area contributed by atoms with Crippen molar-refractivity contribution < 1.29 is 33.8 Å². The average Bonchev–Trinajstić information content (AvgIpc) is 3.11. The van der Waals surface area contributed by atoms with Crippen LogP contribution >= 0.6 is 23.2 Å². The highest BCUT2D eigenvalue weighted by Crippen LogP contribution is 2.33. The lowest BCUT2D eigenvalue weighted by molar-refractivity contribution is -0.156. The molecule has 0 aliphatic carbocycles. The van der Waals surface area contributed by atoms with Gasteiger partial charge < -0.3 is 30.1 Å². The number of ether oxygens (including phenoxy) is 2. The Morgan fingerprint density at radius 2 is 1.57 bits per heavy atom. The number of amides is 3. The number of halogens is 2. The van der Waals surface area contributed by atoms with Gasteiger partial charge >= 0.3 is 5.97 Å². The summed E-state index contributed by atoms with van der Waals surface area (Å²) in [5.41, 5.74) is 2.59. The van der Waals surface area contributed by atoms with E-state index in [0.29, 0.717) is 17.6 Å². The van der Waals surface area contributed by atoms with Crippen molar-refractivity contribution in [3.05, 3.63) is 99.1 Å². The summed E-state index contributed by atoms with van der Waals surface area (Å²) in [6.07, 6.45) is 7.14. The molecular weight excluding hydrogens is 729 g/mol. The first-order valence-electron chi connectivity index (χ1n) is 18.3. The smallest absolute Gasteiger partial charge is 0.329 e. The van der Waals surface area contributed by atoms with E-state index in [9.17, 15) is 24.3 Å². The molecule has 0 saturated carbocycles. The number of esters is 1. The summed E-state index contributed by atoms with van der Waals surface area (Å²) in [5, 5.41) is 15.8. The van der Waals surface area contributed by atoms with Crippen molar-refractivity contribution in [1.82, 2.24) is 15.5 Å². The summed E-state index contributed by atoms with van der Waals surface area (Å²) in [4.78, 5) is 57.6. The van der Waals surface area contributed by atoms with Crippen LogP contribution in [0.4, 0.5) is 0 Å². The van der Waals surface area contributed by atoms with Gasteiger partial charge in [0, 0.05) is 32.1 Å². The van der Waals surface area contributed by atoms with E-state index < -0.39 is 42.0 Å². The molecule has 0 unspecified atom stereocenters. The third kappa shape index (κ3) is 12.2. The summed E-state index contributed by atoms with van der Waals surface area (Å²) in [7, 11) is 3.16. The molecule has 2 aromatic rings. The summed E-state index contributed by atoms with van der Waals surface area (Å²) < 4.78 is 12.0. The normalized spacial score (nSPS) is 26.9. The molecular formula is C42H55Cl2N3O7. The number of phenols is 1. The second-order valence-corrected chi connectivity index (χ2v) is 15.6. The molecule has 3 N–H and O–H groups in total. The summed E-state index contributed by atoms with van der Waals surface area (Å²) >= 11 is 12.5. The first kappa shape index (κ1) is 44.3. The zero-order valence-corrected chi connectivity index (χ0v) is 34.2. The third-order valence-corrected chi connectivity index (χ3v) is 10.1. The van der Waals surface area contributed by atoms with Gasteiger partial charge in [-0.2, -0.15) is 0 Å². The Labute approximate surface area is 329 Å². The number of rotatable bonds is 7. The van der Waals surface area contributed by atoms with Crippen LogP contribution < -0.4 is 10.6 Å². The molecule has 1 aliphatic heterocycles. The van der Waals surface area contributed by atoms with Gasteiger partial charge in [0.2, 0.25) is 17.7 Å². The fraction of sp³-hybridized carbons (Fsp3) is 0.476. The molecule has 10 nitrogen and oxygen atoms in total. The quantitative estimate of drug-likeness (QED) is 0.247. The number of carbonyl (C=O) groups is 4. The van der Waals surface area contributed by atoms with E-state index in [4.69, 9.17) is 32.7 Å². The minimum atomic E-state index is -1.24. The van der Waals surface area contributed by atoms with Gasteiger partial charge in [0.25, 0.3) is 0 Å². The van der Waals surface area contributed by atoms with Crippen LogP contribution in [-0.2, 0) is 35.1 Å². The number of hydrogen-bond acceptors (Lipinski definition) is 7. The number of methoxy groups -OCH3 is 1. The zero-order chi connectivity index (χ0) is 40.3. The van der Waals surface area contributed by atoms with Crippen molar-refractivity contribution in [3.8, 4) is 5.75 Å². The lowest BCUT2D eigenvalue weighted by Crippen LogP contribution is -2.58. The van der Waals surface area contributed by atoms with E-state index in [1.165, 1.54) is 17.0 Å². The third-order valence-electron chi connectivity index (χ3n) is 9.49. The Balaban J connectivity index is 2.17. The van der Waals surface area contributed by atoms with Crippen LogP contribution in [0.1, 0.15) is 78.5 Å². The number of allylic oxidation sites excluding steroid dienone is 2. The Morgan fingerprint density at radius 1 is 0.963 bits per heavy atom. The predicted octanol–water partition coefficient (Wildman–Crippen LogP) is 7.53. The highest BCUT2D eigenvalue weighted by atomic mass is 35.5. The van der Waals surface area contributed by atoms with E-state index in [1.54, 1.807) is 27.2 Å². The van der Waals surface area contributed by atoms with Crippen LogP contribution in [0.25, 0.3) is 0 Å². The molecule has 294 valence electrons. The lowest BCUT2D eigenvalue weighted by atomic mass is 9.95. The molecule has 12 heteroatoms. The molecule has 0 fully saturated rings. The van der Waals surface area contributed by atoms with Crippen molar-refractivity contribution in [1.29, 1.82) is 0 Å². The summed E-state index contributed by atoms with van der Waals surface area (Å²) in [6.45, 7) is 13.1. The molecule has 0 spiro atoms. The molecule has 0 aromatic heterocycles. The summed E-state index contributed by atoms with van der Waals surface area (Å²) in [5.74, 6) is -3.16.